The van der Waals surface area contributed by atoms with Crippen LogP contribution in [0.2, 0.25) is 0 Å². The maximum absolute atomic E-state index is 12.8. The van der Waals surface area contributed by atoms with Crippen LogP contribution >= 0.6 is 0 Å². The van der Waals surface area contributed by atoms with Gasteiger partial charge in [-0.1, -0.05) is 13.3 Å². The van der Waals surface area contributed by atoms with Crippen molar-refractivity contribution < 1.29 is 19.1 Å². The first-order chi connectivity index (χ1) is 8.80. The fourth-order valence-electron chi connectivity index (χ4n) is 2.96. The maximum Gasteiger partial charge on any atom is 0.319 e. The van der Waals surface area contributed by atoms with Crippen molar-refractivity contribution >= 4 is 11.8 Å². The molecule has 0 saturated heterocycles. The molecule has 2 unspecified atom stereocenters. The summed E-state index contributed by atoms with van der Waals surface area (Å²) < 4.78 is 10.6. The molecule has 0 aromatic carbocycles. The van der Waals surface area contributed by atoms with E-state index in [9.17, 15) is 9.59 Å². The quantitative estimate of drug-likeness (QED) is 0.569. The van der Waals surface area contributed by atoms with Crippen molar-refractivity contribution in [3.05, 3.63) is 0 Å². The summed E-state index contributed by atoms with van der Waals surface area (Å²) in [6.45, 7) is 7.41. The molecule has 0 amide bonds. The Morgan fingerprint density at radius 3 is 2.47 bits per heavy atom. The van der Waals surface area contributed by atoms with Crippen molar-refractivity contribution in [1.29, 1.82) is 0 Å². The van der Waals surface area contributed by atoms with Gasteiger partial charge in [0.1, 0.15) is 11.0 Å². The highest BCUT2D eigenvalue weighted by Gasteiger charge is 2.51. The van der Waals surface area contributed by atoms with E-state index in [4.69, 9.17) is 9.47 Å². The largest absolute Gasteiger partial charge is 0.465 e. The van der Waals surface area contributed by atoms with E-state index in [1.54, 1.807) is 27.9 Å². The molecule has 19 heavy (non-hydrogen) atoms. The molecule has 4 heteroatoms. The average molecular weight is 270 g/mol. The van der Waals surface area contributed by atoms with Crippen molar-refractivity contribution in [2.24, 2.45) is 11.3 Å². The standard InChI is InChI=1S/C15H26O4/c1-6-19-13(17)14(3,4)12(16)15(18-5)9-7-8-11(2)10-15/h11H,6-10H2,1-5H3. The minimum Gasteiger partial charge on any atom is -0.465 e. The number of methoxy groups -OCH3 is 1. The minimum absolute atomic E-state index is 0.146. The second-order valence-corrected chi connectivity index (χ2v) is 6.07. The molecule has 1 rings (SSSR count). The van der Waals surface area contributed by atoms with Gasteiger partial charge in [0.15, 0.2) is 5.78 Å². The number of hydrogen-bond donors (Lipinski definition) is 0. The molecule has 2 atom stereocenters. The van der Waals surface area contributed by atoms with Crippen LogP contribution in [-0.4, -0.2) is 31.1 Å². The summed E-state index contributed by atoms with van der Waals surface area (Å²) in [5, 5.41) is 0. The number of Topliss-reactive ketones (excluding diaryl/α,β-unsaturated/α-hetero) is 1. The van der Waals surface area contributed by atoms with E-state index >= 15 is 0 Å². The van der Waals surface area contributed by atoms with E-state index in [1.807, 2.05) is 0 Å². The third kappa shape index (κ3) is 3.16. The topological polar surface area (TPSA) is 52.6 Å². The molecule has 0 spiro atoms. The van der Waals surface area contributed by atoms with Crippen molar-refractivity contribution in [1.82, 2.24) is 0 Å². The summed E-state index contributed by atoms with van der Waals surface area (Å²) in [5.74, 6) is -0.169. The third-order valence-corrected chi connectivity index (χ3v) is 4.11. The van der Waals surface area contributed by atoms with Crippen molar-refractivity contribution in [3.63, 3.8) is 0 Å². The van der Waals surface area contributed by atoms with E-state index in [2.05, 4.69) is 6.92 Å². The molecule has 1 saturated carbocycles. The summed E-state index contributed by atoms with van der Waals surface area (Å²) in [6, 6.07) is 0. The SMILES string of the molecule is CCOC(=O)C(C)(C)C(=O)C1(OC)CCCC(C)C1. The molecule has 1 aliphatic carbocycles. The van der Waals surface area contributed by atoms with Gasteiger partial charge in [-0.05, 0) is 46.0 Å². The first kappa shape index (κ1) is 16.2. The van der Waals surface area contributed by atoms with Crippen molar-refractivity contribution in [2.75, 3.05) is 13.7 Å². The summed E-state index contributed by atoms with van der Waals surface area (Å²) in [4.78, 5) is 24.8. The van der Waals surface area contributed by atoms with Gasteiger partial charge < -0.3 is 9.47 Å². The normalized spacial score (nSPS) is 27.9. The Hall–Kier alpha value is -0.900. The van der Waals surface area contributed by atoms with Crippen LogP contribution in [0.1, 0.15) is 53.4 Å². The lowest BCUT2D eigenvalue weighted by atomic mass is 9.69. The Bertz CT molecular complexity index is 348. The molecule has 0 aliphatic heterocycles. The van der Waals surface area contributed by atoms with Gasteiger partial charge in [0, 0.05) is 7.11 Å². The van der Waals surface area contributed by atoms with Gasteiger partial charge in [0.05, 0.1) is 6.61 Å². The molecular formula is C15H26O4. The number of carbonyl (C=O) groups is 2. The third-order valence-electron chi connectivity index (χ3n) is 4.11. The van der Waals surface area contributed by atoms with E-state index in [1.165, 1.54) is 0 Å². The zero-order valence-corrected chi connectivity index (χ0v) is 12.7. The number of ether oxygens (including phenoxy) is 2. The maximum atomic E-state index is 12.8. The highest BCUT2D eigenvalue weighted by atomic mass is 16.5. The van der Waals surface area contributed by atoms with Gasteiger partial charge >= 0.3 is 5.97 Å². The van der Waals surface area contributed by atoms with Crippen molar-refractivity contribution in [2.45, 2.75) is 59.0 Å². The monoisotopic (exact) mass is 270 g/mol. The van der Waals surface area contributed by atoms with Crippen LogP contribution in [-0.2, 0) is 19.1 Å². The summed E-state index contributed by atoms with van der Waals surface area (Å²) in [7, 11) is 1.57. The molecule has 110 valence electrons. The number of rotatable bonds is 5. The summed E-state index contributed by atoms with van der Waals surface area (Å²) in [5.41, 5.74) is -1.98. The molecule has 4 nitrogen and oxygen atoms in total. The number of hydrogen-bond acceptors (Lipinski definition) is 4. The molecule has 0 N–H and O–H groups in total. The first-order valence-corrected chi connectivity index (χ1v) is 7.07. The number of esters is 1. The van der Waals surface area contributed by atoms with Crippen LogP contribution in [0, 0.1) is 11.3 Å². The molecule has 1 aliphatic rings. The lowest BCUT2D eigenvalue weighted by Crippen LogP contribution is -2.53. The van der Waals surface area contributed by atoms with Gasteiger partial charge in [-0.25, -0.2) is 0 Å². The Balaban J connectivity index is 2.97. The summed E-state index contributed by atoms with van der Waals surface area (Å²) in [6.07, 6.45) is 3.44. The average Bonchev–Trinajstić information content (AvgIpc) is 2.37. The Labute approximate surface area is 115 Å². The highest BCUT2D eigenvalue weighted by Crippen LogP contribution is 2.40. The van der Waals surface area contributed by atoms with Crippen molar-refractivity contribution in [3.8, 4) is 0 Å². The van der Waals surface area contributed by atoms with Gasteiger partial charge in [0.2, 0.25) is 0 Å². The van der Waals surface area contributed by atoms with Crippen LogP contribution in [0.5, 0.6) is 0 Å². The van der Waals surface area contributed by atoms with Gasteiger partial charge in [-0.3, -0.25) is 9.59 Å². The lowest BCUT2D eigenvalue weighted by molar-refractivity contribution is -0.170. The van der Waals surface area contributed by atoms with Crippen LogP contribution in [0.25, 0.3) is 0 Å². The molecule has 1 fully saturated rings. The zero-order valence-electron chi connectivity index (χ0n) is 12.7. The van der Waals surface area contributed by atoms with Gasteiger partial charge in [-0.2, -0.15) is 0 Å². The Kier molecular flexibility index (Phi) is 5.13. The second-order valence-electron chi connectivity index (χ2n) is 6.07. The molecule has 0 aromatic rings. The van der Waals surface area contributed by atoms with Gasteiger partial charge in [-0.15, -0.1) is 0 Å². The second kappa shape index (κ2) is 6.04. The minimum atomic E-state index is -1.15. The molecule has 0 aromatic heterocycles. The van der Waals surface area contributed by atoms with Crippen LogP contribution in [0.15, 0.2) is 0 Å². The highest BCUT2D eigenvalue weighted by molar-refractivity contribution is 6.07. The Morgan fingerprint density at radius 2 is 2.00 bits per heavy atom. The van der Waals surface area contributed by atoms with Crippen LogP contribution < -0.4 is 0 Å². The number of carbonyl (C=O) groups excluding carboxylic acids is 2. The molecule has 0 bridgehead atoms. The van der Waals surface area contributed by atoms with E-state index in [0.717, 1.165) is 12.8 Å². The van der Waals surface area contributed by atoms with Crippen LogP contribution in [0.3, 0.4) is 0 Å². The molecule has 0 radical (unpaired) electrons. The predicted molar refractivity (Wildman–Crippen MR) is 72.8 cm³/mol. The predicted octanol–water partition coefficient (Wildman–Crippen LogP) is 2.74. The first-order valence-electron chi connectivity index (χ1n) is 7.07. The van der Waals surface area contributed by atoms with E-state index in [0.29, 0.717) is 18.8 Å². The van der Waals surface area contributed by atoms with Crippen LogP contribution in [0.4, 0.5) is 0 Å². The lowest BCUT2D eigenvalue weighted by Gasteiger charge is -2.41. The Morgan fingerprint density at radius 1 is 1.37 bits per heavy atom. The summed E-state index contributed by atoms with van der Waals surface area (Å²) >= 11 is 0. The molecular weight excluding hydrogens is 244 g/mol. The van der Waals surface area contributed by atoms with E-state index in [-0.39, 0.29) is 12.4 Å². The smallest absolute Gasteiger partial charge is 0.319 e. The molecule has 0 heterocycles. The fraction of sp³-hybridized carbons (Fsp3) is 0.867. The number of ketones is 1. The van der Waals surface area contributed by atoms with Gasteiger partial charge in [0.25, 0.3) is 0 Å². The zero-order chi connectivity index (χ0) is 14.7. The van der Waals surface area contributed by atoms with E-state index < -0.39 is 17.0 Å². The fourth-order valence-corrected chi connectivity index (χ4v) is 2.96.